The van der Waals surface area contributed by atoms with E-state index in [9.17, 15) is 13.5 Å². The second kappa shape index (κ2) is 6.69. The molecular weight excluding hydrogens is 324 g/mol. The minimum Gasteiger partial charge on any atom is -0.392 e. The summed E-state index contributed by atoms with van der Waals surface area (Å²) in [6.45, 7) is 4.27. The van der Waals surface area contributed by atoms with Gasteiger partial charge in [-0.1, -0.05) is 25.1 Å². The fourth-order valence-electron chi connectivity index (χ4n) is 3.44. The first-order valence-corrected chi connectivity index (χ1v) is 10.2. The summed E-state index contributed by atoms with van der Waals surface area (Å²) < 4.78 is 25.5. The topological polar surface area (TPSA) is 72.2 Å². The standard InChI is InChI=1S/C18H24N2O3S/c1-3-24(22,23)12-15-7-16-5-4-14(6-17(16)8-15)9-20-10-18(11-21)13(2)19-20/h4-6,10,15,21H,3,7-9,11-12H2,1-2H3/t15-/m1/s1. The highest BCUT2D eigenvalue weighted by Crippen LogP contribution is 2.29. The van der Waals surface area contributed by atoms with E-state index in [0.717, 1.165) is 29.7 Å². The van der Waals surface area contributed by atoms with Gasteiger partial charge >= 0.3 is 0 Å². The predicted octanol–water partition coefficient (Wildman–Crippen LogP) is 1.88. The van der Waals surface area contributed by atoms with Gasteiger partial charge in [-0.15, -0.1) is 0 Å². The van der Waals surface area contributed by atoms with Gasteiger partial charge in [-0.05, 0) is 42.4 Å². The Morgan fingerprint density at radius 3 is 2.71 bits per heavy atom. The third-order valence-electron chi connectivity index (χ3n) is 4.78. The average molecular weight is 348 g/mol. The van der Waals surface area contributed by atoms with Gasteiger partial charge in [0.05, 0.1) is 24.6 Å². The zero-order chi connectivity index (χ0) is 17.3. The molecule has 0 saturated heterocycles. The molecule has 1 aromatic carbocycles. The Labute approximate surface area is 143 Å². The highest BCUT2D eigenvalue weighted by atomic mass is 32.2. The first-order chi connectivity index (χ1) is 11.4. The highest BCUT2D eigenvalue weighted by molar-refractivity contribution is 7.91. The number of benzene rings is 1. The number of nitrogens with zero attached hydrogens (tertiary/aromatic N) is 2. The second-order valence-corrected chi connectivity index (χ2v) is 9.07. The van der Waals surface area contributed by atoms with Gasteiger partial charge in [-0.3, -0.25) is 4.68 Å². The number of rotatable bonds is 6. The van der Waals surface area contributed by atoms with Crippen LogP contribution in [0.3, 0.4) is 0 Å². The lowest BCUT2D eigenvalue weighted by atomic mass is 10.1. The molecule has 0 amide bonds. The number of sulfone groups is 1. The van der Waals surface area contributed by atoms with E-state index in [-0.39, 0.29) is 24.0 Å². The number of aliphatic hydroxyl groups is 1. The van der Waals surface area contributed by atoms with Crippen LogP contribution in [0, 0.1) is 12.8 Å². The van der Waals surface area contributed by atoms with Gasteiger partial charge in [0.15, 0.2) is 0 Å². The van der Waals surface area contributed by atoms with Crippen LogP contribution in [-0.2, 0) is 35.8 Å². The summed E-state index contributed by atoms with van der Waals surface area (Å²) in [5, 5.41) is 13.7. The minimum atomic E-state index is -2.92. The van der Waals surface area contributed by atoms with Crippen molar-refractivity contribution in [3.8, 4) is 0 Å². The Hall–Kier alpha value is -1.66. The van der Waals surface area contributed by atoms with Crippen LogP contribution in [0.15, 0.2) is 24.4 Å². The van der Waals surface area contributed by atoms with Crippen molar-refractivity contribution >= 4 is 9.84 Å². The third kappa shape index (κ3) is 3.70. The SMILES string of the molecule is CCS(=O)(=O)C[C@@H]1Cc2ccc(Cn3cc(CO)c(C)n3)cc2C1. The summed E-state index contributed by atoms with van der Waals surface area (Å²) in [7, 11) is -2.92. The largest absolute Gasteiger partial charge is 0.392 e. The Kier molecular flexibility index (Phi) is 4.78. The van der Waals surface area contributed by atoms with Gasteiger partial charge in [0, 0.05) is 17.5 Å². The smallest absolute Gasteiger partial charge is 0.150 e. The maximum absolute atomic E-state index is 11.8. The van der Waals surface area contributed by atoms with Crippen LogP contribution in [0.5, 0.6) is 0 Å². The molecule has 24 heavy (non-hydrogen) atoms. The van der Waals surface area contributed by atoms with E-state index in [1.807, 2.05) is 17.8 Å². The molecule has 0 aliphatic heterocycles. The van der Waals surface area contributed by atoms with E-state index < -0.39 is 9.84 Å². The van der Waals surface area contributed by atoms with Crippen molar-refractivity contribution in [3.63, 3.8) is 0 Å². The number of hydrogen-bond donors (Lipinski definition) is 1. The molecule has 0 radical (unpaired) electrons. The van der Waals surface area contributed by atoms with Gasteiger partial charge in [0.2, 0.25) is 0 Å². The third-order valence-corrected chi connectivity index (χ3v) is 6.64. The number of aromatic nitrogens is 2. The van der Waals surface area contributed by atoms with Crippen molar-refractivity contribution in [1.82, 2.24) is 9.78 Å². The van der Waals surface area contributed by atoms with Crippen LogP contribution >= 0.6 is 0 Å². The van der Waals surface area contributed by atoms with E-state index >= 15 is 0 Å². The van der Waals surface area contributed by atoms with Gasteiger partial charge in [0.1, 0.15) is 9.84 Å². The first-order valence-electron chi connectivity index (χ1n) is 8.35. The molecule has 1 heterocycles. The molecule has 1 aliphatic carbocycles. The van der Waals surface area contributed by atoms with Crippen LogP contribution in [0.4, 0.5) is 0 Å². The fraction of sp³-hybridized carbons (Fsp3) is 0.500. The molecule has 1 aliphatic rings. The van der Waals surface area contributed by atoms with Crippen molar-refractivity contribution in [2.24, 2.45) is 5.92 Å². The van der Waals surface area contributed by atoms with Crippen molar-refractivity contribution in [2.75, 3.05) is 11.5 Å². The molecule has 0 spiro atoms. The Bertz CT molecular complexity index is 840. The monoisotopic (exact) mass is 348 g/mol. The number of hydrogen-bond acceptors (Lipinski definition) is 4. The van der Waals surface area contributed by atoms with Crippen LogP contribution < -0.4 is 0 Å². The summed E-state index contributed by atoms with van der Waals surface area (Å²) in [4.78, 5) is 0. The summed E-state index contributed by atoms with van der Waals surface area (Å²) >= 11 is 0. The van der Waals surface area contributed by atoms with Crippen molar-refractivity contribution in [1.29, 1.82) is 0 Å². The maximum atomic E-state index is 11.8. The van der Waals surface area contributed by atoms with E-state index in [1.165, 1.54) is 11.1 Å². The molecule has 130 valence electrons. The fourth-order valence-corrected chi connectivity index (χ4v) is 4.63. The maximum Gasteiger partial charge on any atom is 0.150 e. The molecule has 1 atom stereocenters. The molecule has 0 unspecified atom stereocenters. The lowest BCUT2D eigenvalue weighted by molar-refractivity contribution is 0.281. The van der Waals surface area contributed by atoms with Crippen LogP contribution in [-0.4, -0.2) is 34.8 Å². The predicted molar refractivity (Wildman–Crippen MR) is 93.7 cm³/mol. The number of aryl methyl sites for hydroxylation is 1. The molecule has 0 fully saturated rings. The summed E-state index contributed by atoms with van der Waals surface area (Å²) in [6.07, 6.45) is 3.56. The van der Waals surface area contributed by atoms with Gasteiger partial charge in [-0.25, -0.2) is 8.42 Å². The highest BCUT2D eigenvalue weighted by Gasteiger charge is 2.25. The molecular formula is C18H24N2O3S. The summed E-state index contributed by atoms with van der Waals surface area (Å²) in [5.74, 6) is 0.705. The normalized spacial score (nSPS) is 17.2. The van der Waals surface area contributed by atoms with Gasteiger partial charge in [-0.2, -0.15) is 5.10 Å². The zero-order valence-electron chi connectivity index (χ0n) is 14.2. The zero-order valence-corrected chi connectivity index (χ0v) is 15.0. The molecule has 5 nitrogen and oxygen atoms in total. The Morgan fingerprint density at radius 2 is 2.04 bits per heavy atom. The number of aliphatic hydroxyl groups excluding tert-OH is 1. The van der Waals surface area contributed by atoms with Crippen LogP contribution in [0.2, 0.25) is 0 Å². The molecule has 2 aromatic rings. The van der Waals surface area contributed by atoms with Crippen molar-refractivity contribution < 1.29 is 13.5 Å². The Morgan fingerprint density at radius 1 is 1.29 bits per heavy atom. The van der Waals surface area contributed by atoms with Crippen molar-refractivity contribution in [3.05, 3.63) is 52.3 Å². The average Bonchev–Trinajstić information content (AvgIpc) is 3.08. The lowest BCUT2D eigenvalue weighted by Gasteiger charge is -2.07. The number of fused-ring (bicyclic) bond motifs is 1. The van der Waals surface area contributed by atoms with Gasteiger partial charge in [0.25, 0.3) is 0 Å². The quantitative estimate of drug-likeness (QED) is 0.865. The minimum absolute atomic E-state index is 0.00358. The summed E-state index contributed by atoms with van der Waals surface area (Å²) in [6, 6.07) is 6.38. The van der Waals surface area contributed by atoms with E-state index in [4.69, 9.17) is 0 Å². The molecule has 6 heteroatoms. The summed E-state index contributed by atoms with van der Waals surface area (Å²) in [5.41, 5.74) is 5.38. The Balaban J connectivity index is 1.72. The van der Waals surface area contributed by atoms with E-state index in [1.54, 1.807) is 6.92 Å². The van der Waals surface area contributed by atoms with Crippen LogP contribution in [0.25, 0.3) is 0 Å². The molecule has 0 bridgehead atoms. The van der Waals surface area contributed by atoms with Crippen LogP contribution in [0.1, 0.15) is 34.9 Å². The molecule has 1 N–H and O–H groups in total. The second-order valence-electron chi connectivity index (χ2n) is 6.67. The van der Waals surface area contributed by atoms with E-state index in [0.29, 0.717) is 6.54 Å². The first kappa shape index (κ1) is 17.2. The van der Waals surface area contributed by atoms with E-state index in [2.05, 4.69) is 23.3 Å². The van der Waals surface area contributed by atoms with Gasteiger partial charge < -0.3 is 5.11 Å². The molecule has 0 saturated carbocycles. The van der Waals surface area contributed by atoms with Crippen molar-refractivity contribution in [2.45, 2.75) is 39.8 Å². The lowest BCUT2D eigenvalue weighted by Crippen LogP contribution is -2.18. The molecule has 1 aromatic heterocycles. The molecule has 3 rings (SSSR count).